The molecule has 1 amide bonds. The highest BCUT2D eigenvalue weighted by Gasteiger charge is 2.43. The summed E-state index contributed by atoms with van der Waals surface area (Å²) in [4.78, 5) is 15.2. The molecule has 0 radical (unpaired) electrons. The third-order valence-corrected chi connectivity index (χ3v) is 5.33. The molecule has 1 saturated heterocycles. The van der Waals surface area contributed by atoms with Crippen molar-refractivity contribution in [3.05, 3.63) is 70.7 Å². The summed E-state index contributed by atoms with van der Waals surface area (Å²) < 4.78 is 5.53. The number of hydrogen-bond acceptors (Lipinski definition) is 2. The SMILES string of the molecule is CN(CCc1ccc(Cl)cc1)C(=O)C1(c2ccccc2)CCOCC1. The lowest BCUT2D eigenvalue weighted by atomic mass is 9.73. The van der Waals surface area contributed by atoms with Gasteiger partial charge in [-0.25, -0.2) is 0 Å². The molecule has 3 rings (SSSR count). The number of likely N-dealkylation sites (N-methyl/N-ethyl adjacent to an activating group) is 1. The van der Waals surface area contributed by atoms with E-state index in [9.17, 15) is 4.79 Å². The monoisotopic (exact) mass is 357 g/mol. The van der Waals surface area contributed by atoms with Crippen molar-refractivity contribution in [2.75, 3.05) is 26.8 Å². The van der Waals surface area contributed by atoms with Gasteiger partial charge in [0.15, 0.2) is 0 Å². The molecule has 0 aliphatic carbocycles. The van der Waals surface area contributed by atoms with Gasteiger partial charge in [-0.15, -0.1) is 0 Å². The number of carbonyl (C=O) groups excluding carboxylic acids is 1. The largest absolute Gasteiger partial charge is 0.381 e. The smallest absolute Gasteiger partial charge is 0.233 e. The molecule has 0 atom stereocenters. The second-order valence-corrected chi connectivity index (χ2v) is 7.10. The van der Waals surface area contributed by atoms with Crippen LogP contribution < -0.4 is 0 Å². The van der Waals surface area contributed by atoms with Crippen molar-refractivity contribution in [3.8, 4) is 0 Å². The molecule has 0 aromatic heterocycles. The van der Waals surface area contributed by atoms with Crippen LogP contribution in [0.3, 0.4) is 0 Å². The molecule has 25 heavy (non-hydrogen) atoms. The number of halogens is 1. The molecule has 1 aliphatic heterocycles. The Bertz CT molecular complexity index is 694. The van der Waals surface area contributed by atoms with Crippen molar-refractivity contribution < 1.29 is 9.53 Å². The Balaban J connectivity index is 1.74. The zero-order chi connectivity index (χ0) is 17.7. The average molecular weight is 358 g/mol. The van der Waals surface area contributed by atoms with E-state index >= 15 is 0 Å². The van der Waals surface area contributed by atoms with Gasteiger partial charge in [-0.2, -0.15) is 0 Å². The van der Waals surface area contributed by atoms with Gasteiger partial charge in [0.25, 0.3) is 0 Å². The first-order valence-corrected chi connectivity index (χ1v) is 9.13. The Morgan fingerprint density at radius 3 is 2.36 bits per heavy atom. The molecule has 0 N–H and O–H groups in total. The summed E-state index contributed by atoms with van der Waals surface area (Å²) in [5.41, 5.74) is 1.82. The van der Waals surface area contributed by atoms with Crippen LogP contribution in [0.25, 0.3) is 0 Å². The van der Waals surface area contributed by atoms with E-state index in [0.29, 0.717) is 19.8 Å². The van der Waals surface area contributed by atoms with Gasteiger partial charge in [0, 0.05) is 31.8 Å². The van der Waals surface area contributed by atoms with Crippen LogP contribution >= 0.6 is 11.6 Å². The van der Waals surface area contributed by atoms with Crippen molar-refractivity contribution in [1.82, 2.24) is 4.90 Å². The maximum Gasteiger partial charge on any atom is 0.233 e. The van der Waals surface area contributed by atoms with Crippen LogP contribution in [-0.2, 0) is 21.4 Å². The zero-order valence-electron chi connectivity index (χ0n) is 14.6. The predicted molar refractivity (Wildman–Crippen MR) is 101 cm³/mol. The van der Waals surface area contributed by atoms with Crippen LogP contribution in [0, 0.1) is 0 Å². The van der Waals surface area contributed by atoms with Gasteiger partial charge in [-0.05, 0) is 42.5 Å². The van der Waals surface area contributed by atoms with Crippen molar-refractivity contribution in [2.24, 2.45) is 0 Å². The van der Waals surface area contributed by atoms with Crippen LogP contribution in [0.4, 0.5) is 0 Å². The van der Waals surface area contributed by atoms with Gasteiger partial charge in [-0.3, -0.25) is 4.79 Å². The normalized spacial score (nSPS) is 16.4. The minimum Gasteiger partial charge on any atom is -0.381 e. The van der Waals surface area contributed by atoms with Crippen LogP contribution in [-0.4, -0.2) is 37.6 Å². The van der Waals surface area contributed by atoms with E-state index < -0.39 is 5.41 Å². The number of hydrogen-bond donors (Lipinski definition) is 0. The van der Waals surface area contributed by atoms with Crippen LogP contribution in [0.2, 0.25) is 5.02 Å². The van der Waals surface area contributed by atoms with Gasteiger partial charge < -0.3 is 9.64 Å². The van der Waals surface area contributed by atoms with Gasteiger partial charge in [0.05, 0.1) is 5.41 Å². The molecule has 3 nitrogen and oxygen atoms in total. The van der Waals surface area contributed by atoms with Crippen molar-refractivity contribution in [1.29, 1.82) is 0 Å². The lowest BCUT2D eigenvalue weighted by Gasteiger charge is -2.39. The van der Waals surface area contributed by atoms with E-state index in [-0.39, 0.29) is 5.91 Å². The lowest BCUT2D eigenvalue weighted by Crippen LogP contribution is -2.49. The Labute approximate surface area is 154 Å². The topological polar surface area (TPSA) is 29.5 Å². The fourth-order valence-corrected chi connectivity index (χ4v) is 3.64. The third kappa shape index (κ3) is 4.05. The van der Waals surface area contributed by atoms with Gasteiger partial charge in [0.2, 0.25) is 5.91 Å². The van der Waals surface area contributed by atoms with Crippen LogP contribution in [0.1, 0.15) is 24.0 Å². The molecule has 0 bridgehead atoms. The van der Waals surface area contributed by atoms with Crippen LogP contribution in [0.5, 0.6) is 0 Å². The van der Waals surface area contributed by atoms with E-state index in [2.05, 4.69) is 12.1 Å². The summed E-state index contributed by atoms with van der Waals surface area (Å²) in [7, 11) is 1.90. The Morgan fingerprint density at radius 1 is 1.08 bits per heavy atom. The number of carbonyl (C=O) groups is 1. The first kappa shape index (κ1) is 18.0. The number of benzene rings is 2. The summed E-state index contributed by atoms with van der Waals surface area (Å²) in [6.45, 7) is 1.95. The molecular formula is C21H24ClNO2. The van der Waals surface area contributed by atoms with Crippen molar-refractivity contribution in [2.45, 2.75) is 24.7 Å². The van der Waals surface area contributed by atoms with E-state index in [0.717, 1.165) is 29.8 Å². The summed E-state index contributed by atoms with van der Waals surface area (Å²) in [6, 6.07) is 18.0. The molecule has 1 aliphatic rings. The average Bonchev–Trinajstić information content (AvgIpc) is 2.68. The molecule has 4 heteroatoms. The van der Waals surface area contributed by atoms with E-state index in [1.165, 1.54) is 5.56 Å². The van der Waals surface area contributed by atoms with Crippen molar-refractivity contribution in [3.63, 3.8) is 0 Å². The number of ether oxygens (including phenoxy) is 1. The predicted octanol–water partition coefficient (Wildman–Crippen LogP) is 4.09. The van der Waals surface area contributed by atoms with Gasteiger partial charge in [0.1, 0.15) is 0 Å². The number of nitrogens with zero attached hydrogens (tertiary/aromatic N) is 1. The second-order valence-electron chi connectivity index (χ2n) is 6.66. The van der Waals surface area contributed by atoms with Gasteiger partial charge >= 0.3 is 0 Å². The molecule has 2 aromatic carbocycles. The molecule has 132 valence electrons. The van der Waals surface area contributed by atoms with E-state index in [4.69, 9.17) is 16.3 Å². The fraction of sp³-hybridized carbons (Fsp3) is 0.381. The maximum absolute atomic E-state index is 13.3. The summed E-state index contributed by atoms with van der Waals surface area (Å²) in [5, 5.41) is 0.735. The first-order valence-electron chi connectivity index (χ1n) is 8.75. The van der Waals surface area contributed by atoms with Crippen LogP contribution in [0.15, 0.2) is 54.6 Å². The van der Waals surface area contributed by atoms with Gasteiger partial charge in [-0.1, -0.05) is 54.1 Å². The minimum atomic E-state index is -0.464. The Hall–Kier alpha value is -1.84. The fourth-order valence-electron chi connectivity index (χ4n) is 3.52. The Kier molecular flexibility index (Phi) is 5.77. The summed E-state index contributed by atoms with van der Waals surface area (Å²) >= 11 is 5.94. The maximum atomic E-state index is 13.3. The minimum absolute atomic E-state index is 0.191. The molecule has 0 saturated carbocycles. The molecule has 0 unspecified atom stereocenters. The zero-order valence-corrected chi connectivity index (χ0v) is 15.3. The third-order valence-electron chi connectivity index (χ3n) is 5.08. The highest BCUT2D eigenvalue weighted by molar-refractivity contribution is 6.30. The molecule has 1 heterocycles. The highest BCUT2D eigenvalue weighted by Crippen LogP contribution is 2.36. The molecule has 1 fully saturated rings. The number of amides is 1. The first-order chi connectivity index (χ1) is 12.1. The molecular weight excluding hydrogens is 334 g/mol. The van der Waals surface area contributed by atoms with Crippen molar-refractivity contribution >= 4 is 17.5 Å². The van der Waals surface area contributed by atoms with E-state index in [1.807, 2.05) is 54.4 Å². The lowest BCUT2D eigenvalue weighted by molar-refractivity contribution is -0.140. The second kappa shape index (κ2) is 8.03. The Morgan fingerprint density at radius 2 is 1.72 bits per heavy atom. The summed E-state index contributed by atoms with van der Waals surface area (Å²) in [5.74, 6) is 0.191. The summed E-state index contributed by atoms with van der Waals surface area (Å²) in [6.07, 6.45) is 2.29. The number of rotatable bonds is 5. The standard InChI is InChI=1S/C21H24ClNO2/c1-23(14-11-17-7-9-19(22)10-8-17)20(24)21(12-15-25-16-13-21)18-5-3-2-4-6-18/h2-10H,11-16H2,1H3. The van der Waals surface area contributed by atoms with E-state index in [1.54, 1.807) is 0 Å². The molecule has 0 spiro atoms. The quantitative estimate of drug-likeness (QED) is 0.806. The highest BCUT2D eigenvalue weighted by atomic mass is 35.5. The molecule has 2 aromatic rings.